The first-order valence-corrected chi connectivity index (χ1v) is 6.08. The quantitative estimate of drug-likeness (QED) is 0.829. The molecule has 1 amide bonds. The Bertz CT molecular complexity index is 465. The van der Waals surface area contributed by atoms with Gasteiger partial charge in [0.05, 0.1) is 5.54 Å². The topological polar surface area (TPSA) is 32.3 Å². The van der Waals surface area contributed by atoms with E-state index in [1.165, 1.54) is 12.1 Å². The zero-order chi connectivity index (χ0) is 13.6. The third-order valence-corrected chi connectivity index (χ3v) is 3.37. The van der Waals surface area contributed by atoms with E-state index in [0.29, 0.717) is 6.54 Å². The van der Waals surface area contributed by atoms with Crippen LogP contribution in [-0.4, -0.2) is 23.5 Å². The van der Waals surface area contributed by atoms with Gasteiger partial charge in [-0.3, -0.25) is 4.79 Å². The maximum atomic E-state index is 13.0. The van der Waals surface area contributed by atoms with Crippen molar-refractivity contribution in [2.24, 2.45) is 0 Å². The fraction of sp³-hybridized carbons (Fsp3) is 0.500. The second-order valence-corrected chi connectivity index (χ2v) is 5.96. The van der Waals surface area contributed by atoms with Crippen LogP contribution in [0.15, 0.2) is 24.3 Å². The molecule has 1 aliphatic heterocycles. The van der Waals surface area contributed by atoms with Gasteiger partial charge in [0.25, 0.3) is 0 Å². The smallest absolute Gasteiger partial charge is 0.245 e. The first-order chi connectivity index (χ1) is 8.22. The van der Waals surface area contributed by atoms with Crippen LogP contribution >= 0.6 is 0 Å². The van der Waals surface area contributed by atoms with Gasteiger partial charge >= 0.3 is 0 Å². The van der Waals surface area contributed by atoms with E-state index in [0.717, 1.165) is 5.69 Å². The first-order valence-electron chi connectivity index (χ1n) is 6.08. The molecule has 0 radical (unpaired) electrons. The number of rotatable bonds is 1. The molecule has 0 saturated carbocycles. The van der Waals surface area contributed by atoms with Crippen LogP contribution in [0.3, 0.4) is 0 Å². The van der Waals surface area contributed by atoms with Gasteiger partial charge in [-0.1, -0.05) is 0 Å². The van der Waals surface area contributed by atoms with Gasteiger partial charge < -0.3 is 10.2 Å². The van der Waals surface area contributed by atoms with E-state index in [1.807, 2.05) is 32.6 Å². The Kier molecular flexibility index (Phi) is 2.84. The molecule has 1 N–H and O–H groups in total. The molecule has 18 heavy (non-hydrogen) atoms. The average Bonchev–Trinajstić information content (AvgIpc) is 2.25. The number of carbonyl (C=O) groups is 1. The summed E-state index contributed by atoms with van der Waals surface area (Å²) in [6, 6.07) is 6.27. The predicted octanol–water partition coefficient (Wildman–Crippen LogP) is 2.32. The molecule has 0 bridgehead atoms. The number of carbonyl (C=O) groups excluding carboxylic acids is 1. The third kappa shape index (κ3) is 2.19. The Morgan fingerprint density at radius 3 is 2.28 bits per heavy atom. The summed E-state index contributed by atoms with van der Waals surface area (Å²) in [5.41, 5.74) is -0.0572. The number of nitrogens with zero attached hydrogens (tertiary/aromatic N) is 1. The monoisotopic (exact) mass is 250 g/mol. The van der Waals surface area contributed by atoms with Crippen LogP contribution in [0.4, 0.5) is 10.1 Å². The molecule has 0 aliphatic carbocycles. The van der Waals surface area contributed by atoms with Crippen LogP contribution in [0.1, 0.15) is 27.7 Å². The van der Waals surface area contributed by atoms with Crippen LogP contribution in [0.5, 0.6) is 0 Å². The van der Waals surface area contributed by atoms with E-state index in [-0.39, 0.29) is 17.3 Å². The molecule has 1 saturated heterocycles. The highest BCUT2D eigenvalue weighted by Crippen LogP contribution is 2.30. The molecular formula is C14H19FN2O. The molecular weight excluding hydrogens is 231 g/mol. The fourth-order valence-corrected chi connectivity index (χ4v) is 2.25. The number of amides is 1. The highest BCUT2D eigenvalue weighted by Gasteiger charge is 2.44. The Morgan fingerprint density at radius 2 is 1.72 bits per heavy atom. The number of halogens is 1. The molecule has 0 atom stereocenters. The van der Waals surface area contributed by atoms with Crippen LogP contribution < -0.4 is 10.2 Å². The van der Waals surface area contributed by atoms with Crippen molar-refractivity contribution in [3.05, 3.63) is 30.1 Å². The summed E-state index contributed by atoms with van der Waals surface area (Å²) in [7, 11) is 0. The van der Waals surface area contributed by atoms with Crippen LogP contribution in [0, 0.1) is 5.82 Å². The highest BCUT2D eigenvalue weighted by atomic mass is 19.1. The van der Waals surface area contributed by atoms with Crippen molar-refractivity contribution < 1.29 is 9.18 Å². The Morgan fingerprint density at radius 1 is 1.17 bits per heavy atom. The number of hydrogen-bond donors (Lipinski definition) is 1. The number of anilines is 1. The summed E-state index contributed by atoms with van der Waals surface area (Å²) in [5.74, 6) is -0.277. The van der Waals surface area contributed by atoms with Gasteiger partial charge in [0.2, 0.25) is 5.91 Å². The van der Waals surface area contributed by atoms with Crippen molar-refractivity contribution in [2.75, 3.05) is 11.4 Å². The Hall–Kier alpha value is -1.58. The summed E-state index contributed by atoms with van der Waals surface area (Å²) in [6.07, 6.45) is 0. The molecule has 1 heterocycles. The lowest BCUT2D eigenvalue weighted by atomic mass is 9.90. The predicted molar refractivity (Wildman–Crippen MR) is 70.0 cm³/mol. The van der Waals surface area contributed by atoms with Gasteiger partial charge in [-0.15, -0.1) is 0 Å². The second kappa shape index (κ2) is 3.97. The molecule has 0 aromatic heterocycles. The second-order valence-electron chi connectivity index (χ2n) is 5.96. The van der Waals surface area contributed by atoms with E-state index in [9.17, 15) is 9.18 Å². The molecule has 4 heteroatoms. The summed E-state index contributed by atoms with van der Waals surface area (Å²) >= 11 is 0. The van der Waals surface area contributed by atoms with Crippen LogP contribution in [0.2, 0.25) is 0 Å². The molecule has 2 rings (SSSR count). The standard InChI is InChI=1S/C14H19FN2O/c1-13(2)9-17(14(3,4)12(18)16-13)11-7-5-10(15)6-8-11/h5-8H,9H2,1-4H3,(H,16,18). The minimum Gasteiger partial charge on any atom is -0.355 e. The van der Waals surface area contributed by atoms with Crippen molar-refractivity contribution in [2.45, 2.75) is 38.8 Å². The molecule has 3 nitrogen and oxygen atoms in total. The summed E-state index contributed by atoms with van der Waals surface area (Å²) in [4.78, 5) is 14.2. The van der Waals surface area contributed by atoms with Crippen molar-refractivity contribution in [3.63, 3.8) is 0 Å². The van der Waals surface area contributed by atoms with Crippen molar-refractivity contribution >= 4 is 11.6 Å². The minimum absolute atomic E-state index is 0.0110. The summed E-state index contributed by atoms with van der Waals surface area (Å²) < 4.78 is 13.0. The average molecular weight is 250 g/mol. The van der Waals surface area contributed by atoms with Gasteiger partial charge in [-0.25, -0.2) is 4.39 Å². The van der Waals surface area contributed by atoms with E-state index >= 15 is 0 Å². The third-order valence-electron chi connectivity index (χ3n) is 3.37. The van der Waals surface area contributed by atoms with E-state index in [2.05, 4.69) is 5.32 Å². The number of piperazine rings is 1. The van der Waals surface area contributed by atoms with Crippen LogP contribution in [0.25, 0.3) is 0 Å². The fourth-order valence-electron chi connectivity index (χ4n) is 2.25. The van der Waals surface area contributed by atoms with Gasteiger partial charge in [-0.05, 0) is 52.0 Å². The summed E-state index contributed by atoms with van der Waals surface area (Å²) in [6.45, 7) is 8.41. The lowest BCUT2D eigenvalue weighted by Crippen LogP contribution is -2.69. The van der Waals surface area contributed by atoms with Crippen molar-refractivity contribution in [3.8, 4) is 0 Å². The molecule has 1 fully saturated rings. The van der Waals surface area contributed by atoms with E-state index in [1.54, 1.807) is 12.1 Å². The van der Waals surface area contributed by atoms with Gasteiger partial charge in [0.1, 0.15) is 11.4 Å². The zero-order valence-electron chi connectivity index (χ0n) is 11.2. The zero-order valence-corrected chi connectivity index (χ0v) is 11.2. The van der Waals surface area contributed by atoms with Crippen molar-refractivity contribution in [1.29, 1.82) is 0 Å². The maximum Gasteiger partial charge on any atom is 0.245 e. The van der Waals surface area contributed by atoms with E-state index in [4.69, 9.17) is 0 Å². The Balaban J connectivity index is 2.40. The molecule has 98 valence electrons. The molecule has 1 aliphatic rings. The number of hydrogen-bond acceptors (Lipinski definition) is 2. The largest absolute Gasteiger partial charge is 0.355 e. The van der Waals surface area contributed by atoms with Crippen molar-refractivity contribution in [1.82, 2.24) is 5.32 Å². The van der Waals surface area contributed by atoms with Gasteiger partial charge in [0.15, 0.2) is 0 Å². The molecule has 0 unspecified atom stereocenters. The normalized spacial score (nSPS) is 21.6. The summed E-state index contributed by atoms with van der Waals surface area (Å²) in [5, 5.41) is 3.00. The number of benzene rings is 1. The first kappa shape index (κ1) is 12.9. The lowest BCUT2D eigenvalue weighted by molar-refractivity contribution is -0.128. The molecule has 1 aromatic carbocycles. The van der Waals surface area contributed by atoms with Gasteiger partial charge in [-0.2, -0.15) is 0 Å². The Labute approximate surface area is 107 Å². The SMILES string of the molecule is CC1(C)CN(c2ccc(F)cc2)C(C)(C)C(=O)N1. The minimum atomic E-state index is -0.632. The van der Waals surface area contributed by atoms with Crippen LogP contribution in [-0.2, 0) is 4.79 Å². The number of nitrogens with one attached hydrogen (secondary N) is 1. The van der Waals surface area contributed by atoms with E-state index < -0.39 is 5.54 Å². The molecule has 1 aromatic rings. The molecule has 0 spiro atoms. The van der Waals surface area contributed by atoms with Gasteiger partial charge in [0, 0.05) is 12.2 Å². The maximum absolute atomic E-state index is 13.0. The highest BCUT2D eigenvalue weighted by molar-refractivity contribution is 5.91. The lowest BCUT2D eigenvalue weighted by Gasteiger charge is -2.49.